The van der Waals surface area contributed by atoms with Crippen LogP contribution < -0.4 is 0 Å². The minimum absolute atomic E-state index is 0. The average Bonchev–Trinajstić information content (AvgIpc) is 3.49. The zero-order chi connectivity index (χ0) is 25.5. The summed E-state index contributed by atoms with van der Waals surface area (Å²) in [7, 11) is 2.35. The number of aliphatic hydroxyl groups is 5. The fraction of sp³-hybridized carbons (Fsp3) is 1.00. The maximum Gasteiger partial charge on any atom is 0.155 e. The van der Waals surface area contributed by atoms with Crippen molar-refractivity contribution >= 4 is 9.47 Å². The number of ether oxygens (including phenoxy) is 2. The van der Waals surface area contributed by atoms with Crippen LogP contribution in [0, 0.1) is 23.7 Å². The molecule has 2 heterocycles. The van der Waals surface area contributed by atoms with E-state index in [4.69, 9.17) is 14.0 Å². The Labute approximate surface area is 214 Å². The van der Waals surface area contributed by atoms with Gasteiger partial charge in [0.15, 0.2) is 12.6 Å². The number of aliphatic hydroxyl groups excluding tert-OH is 5. The van der Waals surface area contributed by atoms with Crippen LogP contribution in [0.3, 0.4) is 0 Å². The van der Waals surface area contributed by atoms with Crippen LogP contribution in [0.25, 0.3) is 0 Å². The fourth-order valence-electron chi connectivity index (χ4n) is 6.90. The third kappa shape index (κ3) is 8.05. The van der Waals surface area contributed by atoms with Gasteiger partial charge in [0.25, 0.3) is 0 Å². The summed E-state index contributed by atoms with van der Waals surface area (Å²) in [4.78, 5) is 0. The predicted molar refractivity (Wildman–Crippen MR) is 137 cm³/mol. The van der Waals surface area contributed by atoms with E-state index in [2.05, 4.69) is 23.3 Å². The molecule has 8 nitrogen and oxygen atoms in total. The van der Waals surface area contributed by atoms with Crippen molar-refractivity contribution < 1.29 is 41.0 Å². The van der Waals surface area contributed by atoms with Crippen molar-refractivity contribution in [1.29, 1.82) is 0 Å². The smallest absolute Gasteiger partial charge is 0.155 e. The van der Waals surface area contributed by atoms with E-state index in [-0.39, 0.29) is 55.8 Å². The molecule has 35 heavy (non-hydrogen) atoms. The van der Waals surface area contributed by atoms with Crippen molar-refractivity contribution in [1.82, 2.24) is 0 Å². The van der Waals surface area contributed by atoms with Gasteiger partial charge in [0.1, 0.15) is 0 Å². The Morgan fingerprint density at radius 2 is 1.26 bits per heavy atom. The molecule has 3 unspecified atom stereocenters. The third-order valence-corrected chi connectivity index (χ3v) is 9.07. The molecule has 0 aromatic rings. The van der Waals surface area contributed by atoms with Gasteiger partial charge >= 0.3 is 0 Å². The number of fused-ring (bicyclic) bond motifs is 2. The number of hydrogen-bond donors (Lipinski definition) is 5. The first-order valence-electron chi connectivity index (χ1n) is 13.8. The molecule has 0 aromatic heterocycles. The SMILES string of the molecule is CCC[C@@H](CC[C@@H]1[C@H]2CC(O)O[C@H]2C[C@H]1O)OP.CCC[C@H](O)CC[C@@H]1[C@H]2CC(O)O[C@H]2C[C@H]1O.[3HH]. The molecule has 0 spiro atoms. The topological polar surface area (TPSA) is 129 Å². The van der Waals surface area contributed by atoms with Crippen LogP contribution in [0.5, 0.6) is 0 Å². The molecule has 4 fully saturated rings. The van der Waals surface area contributed by atoms with E-state index in [1.165, 1.54) is 0 Å². The lowest BCUT2D eigenvalue weighted by molar-refractivity contribution is -0.0957. The van der Waals surface area contributed by atoms with E-state index in [9.17, 15) is 25.5 Å². The van der Waals surface area contributed by atoms with Gasteiger partial charge < -0.3 is 39.5 Å². The molecule has 0 radical (unpaired) electrons. The van der Waals surface area contributed by atoms with E-state index in [1.807, 2.05) is 0 Å². The first-order valence-corrected chi connectivity index (χ1v) is 14.3. The first-order chi connectivity index (χ1) is 16.8. The minimum Gasteiger partial charge on any atom is -0.393 e. The van der Waals surface area contributed by atoms with Crippen molar-refractivity contribution in [3.8, 4) is 0 Å². The van der Waals surface area contributed by atoms with Gasteiger partial charge in [0.05, 0.1) is 36.6 Å². The molecule has 5 N–H and O–H groups in total. The van der Waals surface area contributed by atoms with Crippen molar-refractivity contribution in [2.75, 3.05) is 0 Å². The van der Waals surface area contributed by atoms with Gasteiger partial charge in [-0.05, 0) is 62.2 Å². The second-order valence-corrected chi connectivity index (χ2v) is 11.4. The summed E-state index contributed by atoms with van der Waals surface area (Å²) < 4.78 is 16.2. The summed E-state index contributed by atoms with van der Waals surface area (Å²) in [5.41, 5.74) is 0. The highest BCUT2D eigenvalue weighted by Gasteiger charge is 2.49. The van der Waals surface area contributed by atoms with Crippen LogP contribution in [-0.2, 0) is 14.0 Å². The van der Waals surface area contributed by atoms with Crippen LogP contribution in [0.15, 0.2) is 0 Å². The monoisotopic (exact) mass is 524 g/mol. The summed E-state index contributed by atoms with van der Waals surface area (Å²) in [5, 5.41) is 48.8. The second-order valence-electron chi connectivity index (χ2n) is 11.1. The molecule has 0 aromatic carbocycles. The van der Waals surface area contributed by atoms with Crippen molar-refractivity contribution in [2.24, 2.45) is 23.7 Å². The zero-order valence-electron chi connectivity index (χ0n) is 21.5. The van der Waals surface area contributed by atoms with Gasteiger partial charge in [-0.1, -0.05) is 26.7 Å². The standard InChI is InChI=1S/C13H25O4P.C13H24O4.H2/c1-2-3-8(17-18)4-5-9-10-6-13(15)16-12(10)7-11(9)14;1-2-3-8(14)4-5-9-10-6-13(16)17-12(10)7-11(9)15;/h8-15H,2-7,18H2,1H3;8-16H,2-7H2,1H3;1H/t2*8-,9+,10+,11+,12-,13?;/m00./s1/i;;1+2. The van der Waals surface area contributed by atoms with Gasteiger partial charge in [0, 0.05) is 36.6 Å². The largest absolute Gasteiger partial charge is 0.393 e. The number of hydrogen-bond acceptors (Lipinski definition) is 8. The van der Waals surface area contributed by atoms with E-state index in [0.29, 0.717) is 31.6 Å². The molecule has 4 rings (SSSR count). The molecular formula is C26H51O8P. The Morgan fingerprint density at radius 1 is 0.771 bits per heavy atom. The molecular weight excluding hydrogens is 471 g/mol. The molecule has 0 amide bonds. The van der Waals surface area contributed by atoms with Gasteiger partial charge in [0.2, 0.25) is 0 Å². The van der Waals surface area contributed by atoms with E-state index < -0.39 is 12.6 Å². The predicted octanol–water partition coefficient (Wildman–Crippen LogP) is 3.12. The second kappa shape index (κ2) is 14.3. The van der Waals surface area contributed by atoms with E-state index in [0.717, 1.165) is 51.4 Å². The summed E-state index contributed by atoms with van der Waals surface area (Å²) in [6.07, 6.45) is 8.31. The lowest BCUT2D eigenvalue weighted by atomic mass is 9.87. The molecule has 2 aliphatic carbocycles. The number of rotatable bonds is 11. The van der Waals surface area contributed by atoms with Crippen molar-refractivity contribution in [2.45, 2.75) is 140 Å². The molecule has 208 valence electrons. The minimum atomic E-state index is -0.652. The Kier molecular flexibility index (Phi) is 12.1. The van der Waals surface area contributed by atoms with Crippen LogP contribution >= 0.6 is 9.47 Å². The lowest BCUT2D eigenvalue weighted by Crippen LogP contribution is -2.22. The van der Waals surface area contributed by atoms with Crippen LogP contribution in [0.2, 0.25) is 0 Å². The van der Waals surface area contributed by atoms with Gasteiger partial charge in [-0.2, -0.15) is 0 Å². The lowest BCUT2D eigenvalue weighted by Gasteiger charge is -2.22. The molecule has 2 saturated carbocycles. The summed E-state index contributed by atoms with van der Waals surface area (Å²) in [6, 6.07) is 0. The molecule has 9 heteroatoms. The van der Waals surface area contributed by atoms with Crippen LogP contribution in [0.4, 0.5) is 0 Å². The highest BCUT2D eigenvalue weighted by Crippen LogP contribution is 2.46. The van der Waals surface area contributed by atoms with Crippen molar-refractivity contribution in [3.63, 3.8) is 0 Å². The first kappa shape index (κ1) is 29.7. The van der Waals surface area contributed by atoms with E-state index >= 15 is 0 Å². The average molecular weight is 525 g/mol. The Bertz CT molecular complexity index is 618. The van der Waals surface area contributed by atoms with Crippen LogP contribution in [0.1, 0.15) is 92.3 Å². The highest BCUT2D eigenvalue weighted by molar-refractivity contribution is 7.09. The van der Waals surface area contributed by atoms with Gasteiger partial charge in [-0.25, -0.2) is 0 Å². The molecule has 4 aliphatic rings. The third-order valence-electron chi connectivity index (χ3n) is 8.68. The zero-order valence-corrected chi connectivity index (χ0v) is 22.6. The molecule has 0 bridgehead atoms. The fourth-order valence-corrected chi connectivity index (χ4v) is 7.17. The van der Waals surface area contributed by atoms with Crippen molar-refractivity contribution in [3.05, 3.63) is 0 Å². The molecule has 13 atom stereocenters. The summed E-state index contributed by atoms with van der Waals surface area (Å²) in [6.45, 7) is 4.21. The van der Waals surface area contributed by atoms with Gasteiger partial charge in [-0.3, -0.25) is 0 Å². The quantitative estimate of drug-likeness (QED) is 0.261. The van der Waals surface area contributed by atoms with Crippen LogP contribution in [-0.4, -0.2) is 74.7 Å². The Morgan fingerprint density at radius 3 is 1.71 bits per heavy atom. The van der Waals surface area contributed by atoms with E-state index in [1.54, 1.807) is 0 Å². The maximum absolute atomic E-state index is 10.1. The Hall–Kier alpha value is 0.110. The highest BCUT2D eigenvalue weighted by atomic mass is 31.0. The maximum atomic E-state index is 10.1. The summed E-state index contributed by atoms with van der Waals surface area (Å²) in [5.74, 6) is 1.03. The molecule has 2 aliphatic heterocycles. The summed E-state index contributed by atoms with van der Waals surface area (Å²) >= 11 is 0. The van der Waals surface area contributed by atoms with Gasteiger partial charge in [-0.15, -0.1) is 0 Å². The molecule has 2 saturated heterocycles. The Balaban J connectivity index is 0.000000247. The normalized spacial score (nSPS) is 41.8.